The van der Waals surface area contributed by atoms with Crippen molar-refractivity contribution >= 4 is 29.5 Å². The molecule has 1 atom stereocenters. The minimum Gasteiger partial charge on any atom is -0.480 e. The fourth-order valence-corrected chi connectivity index (χ4v) is 6.11. The summed E-state index contributed by atoms with van der Waals surface area (Å²) in [5.41, 5.74) is 3.12. The Balaban J connectivity index is 1.24. The van der Waals surface area contributed by atoms with Crippen molar-refractivity contribution in [3.63, 3.8) is 0 Å². The minimum absolute atomic E-state index is 0.0421. The molecule has 2 aliphatic heterocycles. The molecule has 3 aromatic carbocycles. The van der Waals surface area contributed by atoms with Crippen molar-refractivity contribution in [1.82, 2.24) is 20.4 Å². The van der Waals surface area contributed by atoms with E-state index < -0.39 is 29.5 Å². The molecule has 43 heavy (non-hydrogen) atoms. The van der Waals surface area contributed by atoms with Gasteiger partial charge in [-0.1, -0.05) is 66.7 Å². The van der Waals surface area contributed by atoms with Crippen molar-refractivity contribution in [2.75, 3.05) is 31.2 Å². The smallest absolute Gasteiger partial charge is 0.328 e. The molecule has 224 valence electrons. The number of carbonyl (C=O) groups is 4. The Kier molecular flexibility index (Phi) is 8.66. The molecule has 10 heteroatoms. The zero-order valence-corrected chi connectivity index (χ0v) is 24.5. The first-order valence-corrected chi connectivity index (χ1v) is 14.5. The van der Waals surface area contributed by atoms with E-state index in [1.165, 1.54) is 0 Å². The fourth-order valence-electron chi connectivity index (χ4n) is 6.11. The monoisotopic (exact) mass is 583 g/mol. The molecule has 2 heterocycles. The van der Waals surface area contributed by atoms with E-state index in [1.54, 1.807) is 30.9 Å². The molecule has 1 spiro atoms. The number of anilines is 1. The predicted octanol–water partition coefficient (Wildman–Crippen LogP) is 3.54. The van der Waals surface area contributed by atoms with Gasteiger partial charge in [-0.15, -0.1) is 0 Å². The van der Waals surface area contributed by atoms with Crippen LogP contribution < -0.4 is 15.5 Å². The number of benzene rings is 3. The SMILES string of the molecule is Cc1cccc(C)c1C(=O)NC(CNC(=O)N1CCC2(CC1)C(=O)N(Cc1ccccc1)CN2c1ccccc1)C(=O)O. The molecule has 4 amide bonds. The molecule has 1 unspecified atom stereocenters. The number of amides is 4. The van der Waals surface area contributed by atoms with Crippen LogP contribution >= 0.6 is 0 Å². The summed E-state index contributed by atoms with van der Waals surface area (Å²) in [4.78, 5) is 57.5. The highest BCUT2D eigenvalue weighted by atomic mass is 16.4. The van der Waals surface area contributed by atoms with Gasteiger partial charge in [-0.3, -0.25) is 9.59 Å². The largest absolute Gasteiger partial charge is 0.480 e. The standard InChI is InChI=1S/C33H37N5O5/c1-23-10-9-11-24(2)28(23)29(39)35-27(30(40)41)20-34-32(43)36-18-16-33(17-19-36)31(42)37(21-25-12-5-3-6-13-25)22-38(33)26-14-7-4-8-15-26/h3-15,27H,16-22H2,1-2H3,(H,34,43)(H,35,39)(H,40,41). The van der Waals surface area contributed by atoms with Gasteiger partial charge >= 0.3 is 12.0 Å². The van der Waals surface area contributed by atoms with Crippen molar-refractivity contribution in [3.8, 4) is 0 Å². The van der Waals surface area contributed by atoms with Crippen molar-refractivity contribution in [3.05, 3.63) is 101 Å². The number of nitrogens with zero attached hydrogens (tertiary/aromatic N) is 3. The van der Waals surface area contributed by atoms with Crippen molar-refractivity contribution in [2.24, 2.45) is 0 Å². The van der Waals surface area contributed by atoms with Gasteiger partial charge in [0, 0.05) is 30.9 Å². The van der Waals surface area contributed by atoms with E-state index in [1.807, 2.05) is 71.6 Å². The average molecular weight is 584 g/mol. The lowest BCUT2D eigenvalue weighted by Gasteiger charge is -2.43. The Hall–Kier alpha value is -4.86. The van der Waals surface area contributed by atoms with Crippen LogP contribution in [0, 0.1) is 13.8 Å². The third-order valence-electron chi connectivity index (χ3n) is 8.45. The van der Waals surface area contributed by atoms with Crippen LogP contribution in [0.3, 0.4) is 0 Å². The third kappa shape index (κ3) is 6.18. The van der Waals surface area contributed by atoms with Gasteiger partial charge in [0.2, 0.25) is 5.91 Å². The lowest BCUT2D eigenvalue weighted by molar-refractivity contribution is -0.139. The molecule has 2 saturated heterocycles. The Morgan fingerprint density at radius 1 is 0.884 bits per heavy atom. The number of hydrogen-bond acceptors (Lipinski definition) is 5. The molecule has 0 radical (unpaired) electrons. The number of aliphatic carboxylic acids is 1. The van der Waals surface area contributed by atoms with Gasteiger partial charge in [0.15, 0.2) is 0 Å². The van der Waals surface area contributed by atoms with Crippen molar-refractivity contribution in [2.45, 2.75) is 44.8 Å². The van der Waals surface area contributed by atoms with E-state index in [4.69, 9.17) is 0 Å². The summed E-state index contributed by atoms with van der Waals surface area (Å²) in [7, 11) is 0. The number of piperidine rings is 1. The molecular weight excluding hydrogens is 546 g/mol. The zero-order valence-electron chi connectivity index (χ0n) is 24.5. The van der Waals surface area contributed by atoms with Crippen molar-refractivity contribution < 1.29 is 24.3 Å². The molecule has 3 aromatic rings. The number of aryl methyl sites for hydroxylation is 2. The predicted molar refractivity (Wildman–Crippen MR) is 163 cm³/mol. The van der Waals surface area contributed by atoms with Crippen LogP contribution in [0.4, 0.5) is 10.5 Å². The highest BCUT2D eigenvalue weighted by Gasteiger charge is 2.54. The van der Waals surface area contributed by atoms with Crippen LogP contribution in [0.1, 0.15) is 39.9 Å². The number of hydrogen-bond donors (Lipinski definition) is 3. The number of carboxylic acids is 1. The molecule has 5 rings (SSSR count). The summed E-state index contributed by atoms with van der Waals surface area (Å²) in [6, 6.07) is 23.4. The van der Waals surface area contributed by atoms with E-state index in [-0.39, 0.29) is 12.5 Å². The number of carboxylic acid groups (broad SMARTS) is 1. The van der Waals surface area contributed by atoms with Crippen LogP contribution in [-0.4, -0.2) is 76.6 Å². The Bertz CT molecular complexity index is 1470. The summed E-state index contributed by atoms with van der Waals surface area (Å²) in [5, 5.41) is 15.0. The molecule has 0 saturated carbocycles. The Morgan fingerprint density at radius 2 is 1.49 bits per heavy atom. The van der Waals surface area contributed by atoms with Crippen LogP contribution in [0.15, 0.2) is 78.9 Å². The molecule has 0 bridgehead atoms. The number of para-hydroxylation sites is 1. The fraction of sp³-hybridized carbons (Fsp3) is 0.333. The molecule has 2 fully saturated rings. The molecule has 10 nitrogen and oxygen atoms in total. The third-order valence-corrected chi connectivity index (χ3v) is 8.45. The molecular formula is C33H37N5O5. The maximum atomic E-state index is 14.0. The second kappa shape index (κ2) is 12.6. The normalized spacial score (nSPS) is 16.7. The number of carbonyl (C=O) groups excluding carboxylic acids is 3. The quantitative estimate of drug-likeness (QED) is 0.373. The van der Waals surface area contributed by atoms with Gasteiger partial charge in [0.05, 0.1) is 13.2 Å². The minimum atomic E-state index is -1.30. The van der Waals surface area contributed by atoms with Crippen molar-refractivity contribution in [1.29, 1.82) is 0 Å². The number of rotatable bonds is 8. The highest BCUT2D eigenvalue weighted by molar-refractivity contribution is 5.99. The van der Waals surface area contributed by atoms with E-state index in [0.717, 1.165) is 22.4 Å². The molecule has 2 aliphatic rings. The van der Waals surface area contributed by atoms with E-state index in [2.05, 4.69) is 15.5 Å². The molecule has 3 N–H and O–H groups in total. The van der Waals surface area contributed by atoms with E-state index >= 15 is 0 Å². The summed E-state index contributed by atoms with van der Waals surface area (Å²) < 4.78 is 0. The van der Waals surface area contributed by atoms with Crippen LogP contribution in [0.2, 0.25) is 0 Å². The number of likely N-dealkylation sites (tertiary alicyclic amines) is 1. The van der Waals surface area contributed by atoms with Gasteiger partial charge in [-0.25, -0.2) is 9.59 Å². The topological polar surface area (TPSA) is 122 Å². The highest BCUT2D eigenvalue weighted by Crippen LogP contribution is 2.40. The van der Waals surface area contributed by atoms with E-state index in [0.29, 0.717) is 44.7 Å². The van der Waals surface area contributed by atoms with Gasteiger partial charge in [0.25, 0.3) is 5.91 Å². The lowest BCUT2D eigenvalue weighted by Crippen LogP contribution is -2.59. The van der Waals surface area contributed by atoms with Gasteiger partial charge in [0.1, 0.15) is 11.6 Å². The first kappa shape index (κ1) is 29.6. The van der Waals surface area contributed by atoms with Gasteiger partial charge in [-0.2, -0.15) is 0 Å². The Morgan fingerprint density at radius 3 is 2.09 bits per heavy atom. The maximum absolute atomic E-state index is 14.0. The first-order valence-electron chi connectivity index (χ1n) is 14.5. The molecule has 0 aromatic heterocycles. The number of nitrogens with one attached hydrogen (secondary N) is 2. The Labute approximate surface area is 251 Å². The summed E-state index contributed by atoms with van der Waals surface area (Å²) in [5.74, 6) is -1.70. The van der Waals surface area contributed by atoms with Gasteiger partial charge in [-0.05, 0) is 55.5 Å². The van der Waals surface area contributed by atoms with Crippen LogP contribution in [0.25, 0.3) is 0 Å². The van der Waals surface area contributed by atoms with E-state index in [9.17, 15) is 24.3 Å². The number of urea groups is 1. The summed E-state index contributed by atoms with van der Waals surface area (Å²) in [6.45, 7) is 4.91. The molecule has 0 aliphatic carbocycles. The lowest BCUT2D eigenvalue weighted by atomic mass is 9.85. The summed E-state index contributed by atoms with van der Waals surface area (Å²) in [6.07, 6.45) is 0.871. The van der Waals surface area contributed by atoms with Crippen LogP contribution in [0.5, 0.6) is 0 Å². The van der Waals surface area contributed by atoms with Crippen LogP contribution in [-0.2, 0) is 16.1 Å². The second-order valence-electron chi connectivity index (χ2n) is 11.2. The maximum Gasteiger partial charge on any atom is 0.328 e. The average Bonchev–Trinajstić information content (AvgIpc) is 3.26. The zero-order chi connectivity index (χ0) is 30.6. The summed E-state index contributed by atoms with van der Waals surface area (Å²) >= 11 is 0. The van der Waals surface area contributed by atoms with Gasteiger partial charge < -0.3 is 30.4 Å². The second-order valence-corrected chi connectivity index (χ2v) is 11.2. The first-order chi connectivity index (χ1) is 20.7.